The number of nitrogens with zero attached hydrogens (tertiary/aromatic N) is 2. The van der Waals surface area contributed by atoms with Gasteiger partial charge in [-0.1, -0.05) is 39.5 Å². The predicted octanol–water partition coefficient (Wildman–Crippen LogP) is 2.63. The van der Waals surface area contributed by atoms with Crippen LogP contribution in [0.5, 0.6) is 0 Å². The maximum absolute atomic E-state index is 11.9. The van der Waals surface area contributed by atoms with Crippen molar-refractivity contribution in [2.24, 2.45) is 0 Å². The average Bonchev–Trinajstić information content (AvgIpc) is 2.57. The second-order valence-electron chi connectivity index (χ2n) is 4.66. The lowest BCUT2D eigenvalue weighted by molar-refractivity contribution is -0.125. The first-order chi connectivity index (χ1) is 8.20. The fraction of sp³-hybridized carbons (Fsp3) is 0.846. The third-order valence-corrected chi connectivity index (χ3v) is 3.15. The van der Waals surface area contributed by atoms with Crippen LogP contribution in [0.3, 0.4) is 0 Å². The van der Waals surface area contributed by atoms with Crippen molar-refractivity contribution in [3.05, 3.63) is 0 Å². The van der Waals surface area contributed by atoms with E-state index in [0.29, 0.717) is 6.54 Å². The molecule has 0 aromatic heterocycles. The largest absolute Gasteiger partial charge is 0.327 e. The number of unbranched alkanes of at least 4 members (excludes halogenated alkanes) is 4. The molecule has 1 aliphatic rings. The van der Waals surface area contributed by atoms with Crippen LogP contribution in [0.4, 0.5) is 4.79 Å². The maximum atomic E-state index is 11.9. The van der Waals surface area contributed by atoms with Crippen LogP contribution in [-0.4, -0.2) is 41.4 Å². The third-order valence-electron chi connectivity index (χ3n) is 3.15. The Kier molecular flexibility index (Phi) is 6.01. The van der Waals surface area contributed by atoms with E-state index < -0.39 is 0 Å². The summed E-state index contributed by atoms with van der Waals surface area (Å²) in [7, 11) is 0. The summed E-state index contributed by atoms with van der Waals surface area (Å²) in [5.41, 5.74) is 0. The molecule has 0 saturated carbocycles. The zero-order chi connectivity index (χ0) is 12.7. The highest BCUT2D eigenvalue weighted by atomic mass is 16.2. The van der Waals surface area contributed by atoms with E-state index in [1.54, 1.807) is 4.90 Å². The van der Waals surface area contributed by atoms with Crippen LogP contribution in [0.15, 0.2) is 0 Å². The Morgan fingerprint density at radius 2 is 1.53 bits per heavy atom. The van der Waals surface area contributed by atoms with Gasteiger partial charge in [0.2, 0.25) is 5.91 Å². The molecular weight excluding hydrogens is 216 g/mol. The molecule has 0 unspecified atom stereocenters. The van der Waals surface area contributed by atoms with Gasteiger partial charge >= 0.3 is 6.03 Å². The second-order valence-corrected chi connectivity index (χ2v) is 4.66. The Morgan fingerprint density at radius 1 is 0.941 bits per heavy atom. The van der Waals surface area contributed by atoms with Crippen molar-refractivity contribution in [2.75, 3.05) is 19.6 Å². The van der Waals surface area contributed by atoms with E-state index in [1.807, 2.05) is 0 Å². The lowest BCUT2D eigenvalue weighted by Gasteiger charge is -2.16. The van der Waals surface area contributed by atoms with Crippen molar-refractivity contribution in [3.8, 4) is 0 Å². The predicted molar refractivity (Wildman–Crippen MR) is 67.7 cm³/mol. The number of imide groups is 1. The zero-order valence-corrected chi connectivity index (χ0v) is 11.1. The second kappa shape index (κ2) is 7.30. The molecular formula is C13H24N2O2. The van der Waals surface area contributed by atoms with Crippen LogP contribution in [-0.2, 0) is 4.79 Å². The summed E-state index contributed by atoms with van der Waals surface area (Å²) >= 11 is 0. The van der Waals surface area contributed by atoms with Gasteiger partial charge in [0.15, 0.2) is 0 Å². The van der Waals surface area contributed by atoms with Gasteiger partial charge in [0.1, 0.15) is 6.54 Å². The molecule has 1 fully saturated rings. The first-order valence-electron chi connectivity index (χ1n) is 6.80. The quantitative estimate of drug-likeness (QED) is 0.483. The van der Waals surface area contributed by atoms with Crippen LogP contribution in [0.25, 0.3) is 0 Å². The van der Waals surface area contributed by atoms with Gasteiger partial charge in [-0.2, -0.15) is 0 Å². The highest BCUT2D eigenvalue weighted by molar-refractivity contribution is 6.01. The maximum Gasteiger partial charge on any atom is 0.327 e. The van der Waals surface area contributed by atoms with Gasteiger partial charge in [0.25, 0.3) is 0 Å². The van der Waals surface area contributed by atoms with Gasteiger partial charge in [-0.3, -0.25) is 9.69 Å². The number of carbonyl (C=O) groups excluding carboxylic acids is 2. The fourth-order valence-electron chi connectivity index (χ4n) is 2.06. The first kappa shape index (κ1) is 14.0. The van der Waals surface area contributed by atoms with E-state index in [1.165, 1.54) is 4.90 Å². The van der Waals surface area contributed by atoms with Crippen LogP contribution in [0.2, 0.25) is 0 Å². The smallest absolute Gasteiger partial charge is 0.315 e. The molecule has 1 aliphatic heterocycles. The zero-order valence-electron chi connectivity index (χ0n) is 11.1. The standard InChI is InChI=1S/C13H24N2O2/c1-3-5-7-9-14-11-12(16)15(13(14)17)10-8-6-4-2/h3-11H2,1-2H3. The molecule has 1 heterocycles. The molecule has 1 saturated heterocycles. The van der Waals surface area contributed by atoms with Crippen LogP contribution in [0, 0.1) is 0 Å². The van der Waals surface area contributed by atoms with Crippen molar-refractivity contribution in [1.29, 1.82) is 0 Å². The Bertz CT molecular complexity index is 266. The minimum Gasteiger partial charge on any atom is -0.315 e. The number of rotatable bonds is 8. The third kappa shape index (κ3) is 4.02. The van der Waals surface area contributed by atoms with Crippen molar-refractivity contribution in [2.45, 2.75) is 52.4 Å². The minimum atomic E-state index is -0.0813. The molecule has 98 valence electrons. The summed E-state index contributed by atoms with van der Waals surface area (Å²) in [4.78, 5) is 26.7. The molecule has 0 bridgehead atoms. The molecule has 1 rings (SSSR count). The van der Waals surface area contributed by atoms with Gasteiger partial charge in [-0.25, -0.2) is 4.79 Å². The first-order valence-corrected chi connectivity index (χ1v) is 6.80. The Labute approximate surface area is 104 Å². The SMILES string of the molecule is CCCCCN1CC(=O)N(CCCCC)C1=O. The molecule has 3 amide bonds. The number of hydrogen-bond acceptors (Lipinski definition) is 2. The van der Waals surface area contributed by atoms with Crippen molar-refractivity contribution in [3.63, 3.8) is 0 Å². The molecule has 17 heavy (non-hydrogen) atoms. The van der Waals surface area contributed by atoms with E-state index in [-0.39, 0.29) is 18.5 Å². The average molecular weight is 240 g/mol. The van der Waals surface area contributed by atoms with Gasteiger partial charge in [0, 0.05) is 13.1 Å². The molecule has 0 aromatic carbocycles. The topological polar surface area (TPSA) is 40.6 Å². The molecule has 4 nitrogen and oxygen atoms in total. The molecule has 0 radical (unpaired) electrons. The van der Waals surface area contributed by atoms with Crippen LogP contribution in [0.1, 0.15) is 52.4 Å². The normalized spacial score (nSPS) is 16.1. The van der Waals surface area contributed by atoms with Gasteiger partial charge in [0.05, 0.1) is 0 Å². The number of hydrogen-bond donors (Lipinski definition) is 0. The number of urea groups is 1. The van der Waals surface area contributed by atoms with Gasteiger partial charge in [-0.05, 0) is 12.8 Å². The van der Waals surface area contributed by atoms with Crippen LogP contribution < -0.4 is 0 Å². The van der Waals surface area contributed by atoms with E-state index in [4.69, 9.17) is 0 Å². The Balaban J connectivity index is 2.36. The van der Waals surface area contributed by atoms with E-state index in [0.717, 1.165) is 45.1 Å². The Hall–Kier alpha value is -1.06. The molecule has 0 spiro atoms. The molecule has 0 aromatic rings. The summed E-state index contributed by atoms with van der Waals surface area (Å²) in [6.45, 7) is 5.85. The molecule has 4 heteroatoms. The van der Waals surface area contributed by atoms with Crippen molar-refractivity contribution < 1.29 is 9.59 Å². The minimum absolute atomic E-state index is 0.0254. The molecule has 0 atom stereocenters. The highest BCUT2D eigenvalue weighted by Gasteiger charge is 2.34. The lowest BCUT2D eigenvalue weighted by atomic mass is 10.2. The monoisotopic (exact) mass is 240 g/mol. The van der Waals surface area contributed by atoms with E-state index >= 15 is 0 Å². The summed E-state index contributed by atoms with van der Waals surface area (Å²) in [5.74, 6) is -0.0254. The molecule has 0 aliphatic carbocycles. The summed E-state index contributed by atoms with van der Waals surface area (Å²) in [6.07, 6.45) is 6.36. The van der Waals surface area contributed by atoms with Crippen molar-refractivity contribution in [1.82, 2.24) is 9.80 Å². The van der Waals surface area contributed by atoms with E-state index in [2.05, 4.69) is 13.8 Å². The number of carbonyl (C=O) groups is 2. The van der Waals surface area contributed by atoms with E-state index in [9.17, 15) is 9.59 Å². The van der Waals surface area contributed by atoms with Crippen LogP contribution >= 0.6 is 0 Å². The molecule has 0 N–H and O–H groups in total. The summed E-state index contributed by atoms with van der Waals surface area (Å²) < 4.78 is 0. The summed E-state index contributed by atoms with van der Waals surface area (Å²) in [5, 5.41) is 0. The fourth-order valence-corrected chi connectivity index (χ4v) is 2.06. The van der Waals surface area contributed by atoms with Gasteiger partial charge in [-0.15, -0.1) is 0 Å². The highest BCUT2D eigenvalue weighted by Crippen LogP contribution is 2.13. The van der Waals surface area contributed by atoms with Gasteiger partial charge < -0.3 is 4.90 Å². The van der Waals surface area contributed by atoms with Crippen molar-refractivity contribution >= 4 is 11.9 Å². The number of amides is 3. The lowest BCUT2D eigenvalue weighted by Crippen LogP contribution is -2.34. The Morgan fingerprint density at radius 3 is 2.12 bits per heavy atom. The summed E-state index contributed by atoms with van der Waals surface area (Å²) in [6, 6.07) is -0.0813.